The molecule has 0 aromatic heterocycles. The minimum atomic E-state index is -0.0501. The van der Waals surface area contributed by atoms with E-state index < -0.39 is 0 Å². The van der Waals surface area contributed by atoms with Gasteiger partial charge in [-0.1, -0.05) is 18.1 Å². The molecule has 0 saturated carbocycles. The van der Waals surface area contributed by atoms with Crippen LogP contribution in [0.4, 0.5) is 0 Å². The zero-order valence-corrected chi connectivity index (χ0v) is 9.72. The second-order valence-corrected chi connectivity index (χ2v) is 4.17. The van der Waals surface area contributed by atoms with E-state index >= 15 is 0 Å². The molecule has 0 radical (unpaired) electrons. The third kappa shape index (κ3) is 4.39. The molecular weight excluding hydrogens is 220 g/mol. The van der Waals surface area contributed by atoms with Crippen molar-refractivity contribution in [1.29, 1.82) is 0 Å². The number of benzene rings is 1. The summed E-state index contributed by atoms with van der Waals surface area (Å²) in [4.78, 5) is 12.3. The van der Waals surface area contributed by atoms with Crippen molar-refractivity contribution in [2.75, 3.05) is 12.3 Å². The van der Waals surface area contributed by atoms with Crippen molar-refractivity contribution in [2.24, 2.45) is 5.73 Å². The first-order valence-corrected chi connectivity index (χ1v) is 5.87. The average molecular weight is 234 g/mol. The summed E-state index contributed by atoms with van der Waals surface area (Å²) < 4.78 is 0. The zero-order chi connectivity index (χ0) is 11.8. The highest BCUT2D eigenvalue weighted by Crippen LogP contribution is 2.17. The Labute approximate surface area is 99.8 Å². The predicted octanol–water partition coefficient (Wildman–Crippen LogP) is 0.987. The Morgan fingerprint density at radius 3 is 2.69 bits per heavy atom. The molecule has 84 valence electrons. The molecule has 0 aliphatic heterocycles. The van der Waals surface area contributed by atoms with Crippen LogP contribution in [-0.2, 0) is 11.3 Å². The first-order valence-electron chi connectivity index (χ1n) is 4.88. The summed E-state index contributed by atoms with van der Waals surface area (Å²) in [5.41, 5.74) is 6.57. The smallest absolute Gasteiger partial charge is 0.231 e. The molecule has 0 spiro atoms. The lowest BCUT2D eigenvalue weighted by molar-refractivity contribution is -0.118. The van der Waals surface area contributed by atoms with E-state index in [1.54, 1.807) is 0 Å². The van der Waals surface area contributed by atoms with Gasteiger partial charge < -0.3 is 11.1 Å². The summed E-state index contributed by atoms with van der Waals surface area (Å²) >= 11 is 1.48. The van der Waals surface area contributed by atoms with Crippen molar-refractivity contribution in [3.8, 4) is 12.3 Å². The summed E-state index contributed by atoms with van der Waals surface area (Å²) in [5, 5.41) is 2.61. The second-order valence-electron chi connectivity index (χ2n) is 3.12. The molecule has 0 heterocycles. The van der Waals surface area contributed by atoms with Gasteiger partial charge in [-0.2, -0.15) is 0 Å². The van der Waals surface area contributed by atoms with Crippen LogP contribution in [-0.4, -0.2) is 18.2 Å². The zero-order valence-electron chi connectivity index (χ0n) is 8.90. The molecule has 1 aromatic carbocycles. The van der Waals surface area contributed by atoms with Gasteiger partial charge in [-0.3, -0.25) is 4.79 Å². The Morgan fingerprint density at radius 1 is 1.44 bits per heavy atom. The van der Waals surface area contributed by atoms with Gasteiger partial charge in [0.2, 0.25) is 5.91 Å². The number of carbonyl (C=O) groups excluding carboxylic acids is 1. The van der Waals surface area contributed by atoms with Gasteiger partial charge in [-0.05, 0) is 17.7 Å². The molecule has 3 N–H and O–H groups in total. The number of carbonyl (C=O) groups is 1. The molecule has 16 heavy (non-hydrogen) atoms. The van der Waals surface area contributed by atoms with E-state index in [4.69, 9.17) is 12.2 Å². The second kappa shape index (κ2) is 6.94. The third-order valence-corrected chi connectivity index (χ3v) is 2.93. The van der Waals surface area contributed by atoms with Crippen molar-refractivity contribution in [1.82, 2.24) is 5.32 Å². The van der Waals surface area contributed by atoms with Crippen LogP contribution < -0.4 is 11.1 Å². The van der Waals surface area contributed by atoms with Crippen LogP contribution in [0.1, 0.15) is 5.56 Å². The molecule has 4 heteroatoms. The van der Waals surface area contributed by atoms with E-state index in [1.165, 1.54) is 11.8 Å². The number of nitrogens with two attached hydrogens (primary N) is 1. The Morgan fingerprint density at radius 2 is 2.12 bits per heavy atom. The maximum Gasteiger partial charge on any atom is 0.231 e. The molecular formula is C12H14N2OS. The van der Waals surface area contributed by atoms with Crippen LogP contribution in [0, 0.1) is 12.3 Å². The summed E-state index contributed by atoms with van der Waals surface area (Å²) in [5.74, 6) is 2.69. The largest absolute Gasteiger partial charge is 0.344 e. The van der Waals surface area contributed by atoms with Gasteiger partial charge in [0, 0.05) is 11.4 Å². The number of nitrogens with one attached hydrogen (secondary N) is 1. The first-order chi connectivity index (χ1) is 7.76. The van der Waals surface area contributed by atoms with E-state index in [2.05, 4.69) is 11.2 Å². The predicted molar refractivity (Wildman–Crippen MR) is 66.9 cm³/mol. The van der Waals surface area contributed by atoms with E-state index in [1.807, 2.05) is 24.3 Å². The van der Waals surface area contributed by atoms with Gasteiger partial charge >= 0.3 is 0 Å². The van der Waals surface area contributed by atoms with Gasteiger partial charge in [-0.25, -0.2) is 0 Å². The molecule has 3 nitrogen and oxygen atoms in total. The van der Waals surface area contributed by atoms with Crippen LogP contribution in [0.2, 0.25) is 0 Å². The van der Waals surface area contributed by atoms with Crippen LogP contribution in [0.25, 0.3) is 0 Å². The monoisotopic (exact) mass is 234 g/mol. The third-order valence-electron chi connectivity index (χ3n) is 1.92. The normalized spacial score (nSPS) is 9.50. The van der Waals surface area contributed by atoms with Crippen molar-refractivity contribution in [3.05, 3.63) is 29.8 Å². The topological polar surface area (TPSA) is 55.1 Å². The molecule has 0 aliphatic rings. The van der Waals surface area contributed by atoms with Gasteiger partial charge in [0.15, 0.2) is 0 Å². The average Bonchev–Trinajstić information content (AvgIpc) is 2.34. The lowest BCUT2D eigenvalue weighted by Gasteiger charge is -2.03. The minimum Gasteiger partial charge on any atom is -0.344 e. The van der Waals surface area contributed by atoms with Gasteiger partial charge in [-0.15, -0.1) is 18.2 Å². The highest BCUT2D eigenvalue weighted by atomic mass is 32.2. The number of rotatable bonds is 5. The lowest BCUT2D eigenvalue weighted by Crippen LogP contribution is -2.25. The van der Waals surface area contributed by atoms with Crippen molar-refractivity contribution in [2.45, 2.75) is 11.4 Å². The molecule has 0 fully saturated rings. The highest BCUT2D eigenvalue weighted by Gasteiger charge is 2.01. The lowest BCUT2D eigenvalue weighted by atomic mass is 10.2. The number of terminal acetylenes is 1. The fourth-order valence-electron chi connectivity index (χ4n) is 1.07. The molecule has 0 atom stereocenters. The molecule has 0 aliphatic carbocycles. The summed E-state index contributed by atoms with van der Waals surface area (Å²) in [6.45, 7) is 0.819. The van der Waals surface area contributed by atoms with Crippen LogP contribution in [0.3, 0.4) is 0 Å². The fraction of sp³-hybridized carbons (Fsp3) is 0.250. The standard InChI is InChI=1S/C12H14N2OS/c1-2-7-14-12(15)9-16-11-5-3-10(8-13)4-6-11/h1,3-6H,7-9,13H2,(H,14,15). The molecule has 1 rings (SSSR count). The van der Waals surface area contributed by atoms with Crippen LogP contribution >= 0.6 is 11.8 Å². The number of hydrogen-bond donors (Lipinski definition) is 2. The highest BCUT2D eigenvalue weighted by molar-refractivity contribution is 8.00. The number of hydrogen-bond acceptors (Lipinski definition) is 3. The summed E-state index contributed by atoms with van der Waals surface area (Å²) in [6, 6.07) is 7.84. The SMILES string of the molecule is C#CCNC(=O)CSc1ccc(CN)cc1. The van der Waals surface area contributed by atoms with E-state index in [-0.39, 0.29) is 12.5 Å². The summed E-state index contributed by atoms with van der Waals surface area (Å²) in [6.07, 6.45) is 5.03. The van der Waals surface area contributed by atoms with Crippen LogP contribution in [0.15, 0.2) is 29.2 Å². The number of amides is 1. The summed E-state index contributed by atoms with van der Waals surface area (Å²) in [7, 11) is 0. The number of thioether (sulfide) groups is 1. The molecule has 0 bridgehead atoms. The minimum absolute atomic E-state index is 0.0501. The van der Waals surface area contributed by atoms with E-state index in [0.29, 0.717) is 12.3 Å². The van der Waals surface area contributed by atoms with Gasteiger partial charge in [0.1, 0.15) is 0 Å². The molecule has 1 amide bonds. The van der Waals surface area contributed by atoms with Crippen molar-refractivity contribution < 1.29 is 4.79 Å². The van der Waals surface area contributed by atoms with Crippen molar-refractivity contribution in [3.63, 3.8) is 0 Å². The van der Waals surface area contributed by atoms with Gasteiger partial charge in [0.25, 0.3) is 0 Å². The molecule has 1 aromatic rings. The Bertz CT molecular complexity index is 381. The maximum absolute atomic E-state index is 11.3. The van der Waals surface area contributed by atoms with Crippen LogP contribution in [0.5, 0.6) is 0 Å². The first kappa shape index (κ1) is 12.6. The van der Waals surface area contributed by atoms with Gasteiger partial charge in [0.05, 0.1) is 12.3 Å². The molecule has 0 unspecified atom stereocenters. The van der Waals surface area contributed by atoms with E-state index in [9.17, 15) is 4.79 Å². The molecule has 0 saturated heterocycles. The van der Waals surface area contributed by atoms with E-state index in [0.717, 1.165) is 10.5 Å². The Kier molecular flexibility index (Phi) is 5.48. The van der Waals surface area contributed by atoms with Crippen molar-refractivity contribution >= 4 is 17.7 Å². The Balaban J connectivity index is 2.37. The quantitative estimate of drug-likeness (QED) is 0.590. The maximum atomic E-state index is 11.3. The Hall–Kier alpha value is -1.44. The fourth-order valence-corrected chi connectivity index (χ4v) is 1.80.